The van der Waals surface area contributed by atoms with Crippen LogP contribution in [-0.2, 0) is 23.9 Å². The molecule has 38 heavy (non-hydrogen) atoms. The van der Waals surface area contributed by atoms with Crippen LogP contribution in [0.1, 0.15) is 78.6 Å². The second-order valence-corrected chi connectivity index (χ2v) is 12.4. The predicted molar refractivity (Wildman–Crippen MR) is 138 cm³/mol. The number of alkyl carbamates (subject to hydrolysis) is 1. The van der Waals surface area contributed by atoms with Crippen LogP contribution in [-0.4, -0.2) is 71.4 Å². The Hall–Kier alpha value is -2.85. The number of piperidine rings is 1. The minimum atomic E-state index is -1.00. The van der Waals surface area contributed by atoms with Gasteiger partial charge in [-0.05, 0) is 77.0 Å². The van der Waals surface area contributed by atoms with E-state index in [0.29, 0.717) is 25.9 Å². The molecular weight excluding hydrogens is 490 g/mol. The van der Waals surface area contributed by atoms with Crippen molar-refractivity contribution in [3.8, 4) is 0 Å². The number of hydrogen-bond donors (Lipinski definition) is 4. The van der Waals surface area contributed by atoms with Gasteiger partial charge in [0.25, 0.3) is 0 Å². The molecule has 4 fully saturated rings. The number of ether oxygens (including phenoxy) is 1. The minimum absolute atomic E-state index is 0.0201. The highest BCUT2D eigenvalue weighted by atomic mass is 16.6. The maximum atomic E-state index is 13.9. The van der Waals surface area contributed by atoms with Crippen molar-refractivity contribution in [2.45, 2.75) is 102 Å². The molecule has 3 aliphatic heterocycles. The van der Waals surface area contributed by atoms with Crippen LogP contribution in [0, 0.1) is 23.7 Å². The smallest absolute Gasteiger partial charge is 0.408 e. The molecule has 5 N–H and O–H groups in total. The lowest BCUT2D eigenvalue weighted by Crippen LogP contribution is -2.58. The predicted octanol–water partition coefficient (Wildman–Crippen LogP) is 1.19. The number of amides is 5. The van der Waals surface area contributed by atoms with Crippen molar-refractivity contribution < 1.29 is 28.7 Å². The summed E-state index contributed by atoms with van der Waals surface area (Å²) in [6, 6.07) is -2.59. The van der Waals surface area contributed by atoms with Gasteiger partial charge in [0, 0.05) is 19.0 Å². The first kappa shape index (κ1) is 28.2. The molecule has 0 aromatic rings. The van der Waals surface area contributed by atoms with Crippen molar-refractivity contribution in [1.82, 2.24) is 20.9 Å². The normalized spacial score (nSPS) is 34.7. The van der Waals surface area contributed by atoms with Crippen LogP contribution < -0.4 is 21.7 Å². The molecule has 3 heterocycles. The van der Waals surface area contributed by atoms with Gasteiger partial charge in [0.2, 0.25) is 23.6 Å². The summed E-state index contributed by atoms with van der Waals surface area (Å²) in [5, 5.41) is 8.47. The monoisotopic (exact) mass is 533 g/mol. The van der Waals surface area contributed by atoms with Gasteiger partial charge in [-0.25, -0.2) is 4.79 Å². The lowest BCUT2D eigenvalue weighted by molar-refractivity contribution is -0.142. The molecular formula is C27H43N5O6. The maximum absolute atomic E-state index is 13.9. The summed E-state index contributed by atoms with van der Waals surface area (Å²) in [5.74, 6) is -1.74. The Morgan fingerprint density at radius 2 is 1.68 bits per heavy atom. The number of rotatable bonds is 2. The standard InChI is InChI=1S/C27H43N5O6/c1-27(2,3)38-26(37)31-19-10-5-4-7-15-11-12-29-23(34)18(15)13-20(22(28)33)30-24(35)21-17-9-6-8-16(17)14-32(21)25(19)36/h15-21H,4-14H2,1-3H3,(H2,28,33)(H,29,34)(H,30,35)(H,31,37)/t15-,16-,17-,18-,19-,20-,21-/m0/s1. The Morgan fingerprint density at radius 3 is 2.39 bits per heavy atom. The SMILES string of the molecule is CC(C)(C)OC(=O)N[C@H]1CCCC[C@H]2CCNC(=O)[C@H]2C[C@@H](C(N)=O)NC(=O)[C@@H]2[C@H]3CCC[C@H]3CN2C1=O. The van der Waals surface area contributed by atoms with E-state index < -0.39 is 47.6 Å². The van der Waals surface area contributed by atoms with Gasteiger partial charge < -0.3 is 31.3 Å². The van der Waals surface area contributed by atoms with E-state index in [1.807, 2.05) is 0 Å². The maximum Gasteiger partial charge on any atom is 0.408 e. The quantitative estimate of drug-likeness (QED) is 0.417. The van der Waals surface area contributed by atoms with E-state index in [0.717, 1.165) is 38.5 Å². The summed E-state index contributed by atoms with van der Waals surface area (Å²) < 4.78 is 5.43. The largest absolute Gasteiger partial charge is 0.444 e. The van der Waals surface area contributed by atoms with Crippen LogP contribution in [0.2, 0.25) is 0 Å². The zero-order chi connectivity index (χ0) is 27.6. The molecule has 0 spiro atoms. The van der Waals surface area contributed by atoms with Gasteiger partial charge in [0.1, 0.15) is 23.7 Å². The van der Waals surface area contributed by atoms with Crippen LogP contribution in [0.15, 0.2) is 0 Å². The van der Waals surface area contributed by atoms with E-state index >= 15 is 0 Å². The Balaban J connectivity index is 1.63. The average molecular weight is 534 g/mol. The van der Waals surface area contributed by atoms with Gasteiger partial charge in [-0.15, -0.1) is 0 Å². The first-order valence-corrected chi connectivity index (χ1v) is 14.1. The molecule has 11 nitrogen and oxygen atoms in total. The average Bonchev–Trinajstić information content (AvgIpc) is 3.41. The van der Waals surface area contributed by atoms with E-state index in [-0.39, 0.29) is 36.0 Å². The highest BCUT2D eigenvalue weighted by Gasteiger charge is 2.51. The van der Waals surface area contributed by atoms with Crippen LogP contribution in [0.5, 0.6) is 0 Å². The molecule has 0 radical (unpaired) electrons. The first-order valence-electron chi connectivity index (χ1n) is 14.1. The van der Waals surface area contributed by atoms with Gasteiger partial charge in [-0.3, -0.25) is 19.2 Å². The van der Waals surface area contributed by atoms with Crippen LogP contribution >= 0.6 is 0 Å². The van der Waals surface area contributed by atoms with Gasteiger partial charge in [0.05, 0.1) is 0 Å². The second-order valence-electron chi connectivity index (χ2n) is 12.4. The van der Waals surface area contributed by atoms with Crippen LogP contribution in [0.3, 0.4) is 0 Å². The van der Waals surface area contributed by atoms with Crippen molar-refractivity contribution >= 4 is 29.7 Å². The van der Waals surface area contributed by atoms with E-state index in [2.05, 4.69) is 16.0 Å². The summed E-state index contributed by atoms with van der Waals surface area (Å²) in [6.07, 6.45) is 5.52. The molecule has 3 saturated heterocycles. The van der Waals surface area contributed by atoms with Crippen molar-refractivity contribution in [1.29, 1.82) is 0 Å². The fourth-order valence-corrected chi connectivity index (χ4v) is 6.86. The summed E-state index contributed by atoms with van der Waals surface area (Å²) in [5.41, 5.74) is 4.98. The van der Waals surface area contributed by atoms with Gasteiger partial charge in [0.15, 0.2) is 0 Å². The Bertz CT molecular complexity index is 949. The molecule has 4 rings (SSSR count). The molecule has 4 aliphatic rings. The molecule has 1 saturated carbocycles. The third kappa shape index (κ3) is 6.40. The minimum Gasteiger partial charge on any atom is -0.444 e. The lowest BCUT2D eigenvalue weighted by atomic mass is 9.78. The molecule has 0 aromatic heterocycles. The number of fused-ring (bicyclic) bond motifs is 4. The lowest BCUT2D eigenvalue weighted by Gasteiger charge is -2.35. The summed E-state index contributed by atoms with van der Waals surface area (Å²) in [4.78, 5) is 67.1. The zero-order valence-corrected chi connectivity index (χ0v) is 22.8. The molecule has 0 unspecified atom stereocenters. The number of primary amides is 1. The number of nitrogens with one attached hydrogen (secondary N) is 3. The van der Waals surface area contributed by atoms with Crippen LogP contribution in [0.4, 0.5) is 4.79 Å². The Kier molecular flexibility index (Phi) is 8.52. The van der Waals surface area contributed by atoms with E-state index in [1.54, 1.807) is 25.7 Å². The van der Waals surface area contributed by atoms with Crippen molar-refractivity contribution in [3.63, 3.8) is 0 Å². The van der Waals surface area contributed by atoms with Crippen molar-refractivity contribution in [2.24, 2.45) is 29.4 Å². The van der Waals surface area contributed by atoms with Crippen LogP contribution in [0.25, 0.3) is 0 Å². The molecule has 5 amide bonds. The summed E-state index contributed by atoms with van der Waals surface area (Å²) in [7, 11) is 0. The molecule has 212 valence electrons. The second kappa shape index (κ2) is 11.5. The van der Waals surface area contributed by atoms with E-state index in [1.165, 1.54) is 0 Å². The van der Waals surface area contributed by atoms with Crippen molar-refractivity contribution in [3.05, 3.63) is 0 Å². The summed E-state index contributed by atoms with van der Waals surface area (Å²) in [6.45, 7) is 6.28. The first-order chi connectivity index (χ1) is 17.9. The molecule has 11 heteroatoms. The Morgan fingerprint density at radius 1 is 0.974 bits per heavy atom. The molecule has 0 aromatic carbocycles. The third-order valence-electron chi connectivity index (χ3n) is 8.62. The fourth-order valence-electron chi connectivity index (χ4n) is 6.86. The number of nitrogens with zero attached hydrogens (tertiary/aromatic N) is 1. The summed E-state index contributed by atoms with van der Waals surface area (Å²) >= 11 is 0. The van der Waals surface area contributed by atoms with Crippen molar-refractivity contribution in [2.75, 3.05) is 13.1 Å². The zero-order valence-electron chi connectivity index (χ0n) is 22.8. The van der Waals surface area contributed by atoms with E-state index in [4.69, 9.17) is 10.5 Å². The highest BCUT2D eigenvalue weighted by Crippen LogP contribution is 2.43. The number of nitrogens with two attached hydrogens (primary N) is 1. The fraction of sp³-hybridized carbons (Fsp3) is 0.815. The van der Waals surface area contributed by atoms with Gasteiger partial charge in [-0.2, -0.15) is 0 Å². The number of carbonyl (C=O) groups excluding carboxylic acids is 5. The highest BCUT2D eigenvalue weighted by molar-refractivity contribution is 5.94. The third-order valence-corrected chi connectivity index (χ3v) is 8.62. The van der Waals surface area contributed by atoms with Gasteiger partial charge >= 0.3 is 6.09 Å². The van der Waals surface area contributed by atoms with E-state index in [9.17, 15) is 24.0 Å². The Labute approximate surface area is 224 Å². The number of carbonyl (C=O) groups is 5. The molecule has 0 bridgehead atoms. The number of hydrogen-bond acceptors (Lipinski definition) is 6. The molecule has 1 aliphatic carbocycles. The molecule has 7 atom stereocenters. The van der Waals surface area contributed by atoms with Gasteiger partial charge in [-0.1, -0.05) is 19.3 Å². The topological polar surface area (TPSA) is 160 Å².